The standard InChI is InChI=1S/C16H13FN2O2/c17-13-3-4-14-15(21-8-20-14)12(13)6-9-1-2-11-10(5-9)7-19-16(11)18/h1-5H,6-8H2,(H2,18,19). The number of ether oxygens (including phenoxy) is 2. The van der Waals surface area contributed by atoms with Crippen molar-refractivity contribution in [3.63, 3.8) is 0 Å². The van der Waals surface area contributed by atoms with Crippen molar-refractivity contribution in [3.05, 3.63) is 58.4 Å². The molecule has 2 N–H and O–H groups in total. The predicted octanol–water partition coefficient (Wildman–Crippen LogP) is 2.36. The van der Waals surface area contributed by atoms with Crippen molar-refractivity contribution in [2.45, 2.75) is 13.0 Å². The molecule has 0 aromatic heterocycles. The molecule has 0 radical (unpaired) electrons. The highest BCUT2D eigenvalue weighted by Crippen LogP contribution is 2.38. The Morgan fingerprint density at radius 1 is 1.19 bits per heavy atom. The SMILES string of the molecule is NC1=NCc2cc(Cc3c(F)ccc4c3OCO4)ccc21. The Balaban J connectivity index is 1.70. The second-order valence-electron chi connectivity index (χ2n) is 5.13. The summed E-state index contributed by atoms with van der Waals surface area (Å²) in [5.41, 5.74) is 9.37. The molecule has 2 aromatic rings. The number of amidine groups is 1. The van der Waals surface area contributed by atoms with Gasteiger partial charge in [0, 0.05) is 17.5 Å². The lowest BCUT2D eigenvalue weighted by Crippen LogP contribution is -2.10. The second-order valence-corrected chi connectivity index (χ2v) is 5.13. The molecular weight excluding hydrogens is 271 g/mol. The molecule has 4 rings (SSSR count). The van der Waals surface area contributed by atoms with E-state index in [1.165, 1.54) is 6.07 Å². The van der Waals surface area contributed by atoms with Crippen LogP contribution >= 0.6 is 0 Å². The normalized spacial score (nSPS) is 15.0. The Hall–Kier alpha value is -2.56. The van der Waals surface area contributed by atoms with Gasteiger partial charge < -0.3 is 15.2 Å². The van der Waals surface area contributed by atoms with E-state index in [0.29, 0.717) is 35.9 Å². The first-order valence-corrected chi connectivity index (χ1v) is 6.71. The molecule has 2 aromatic carbocycles. The van der Waals surface area contributed by atoms with Gasteiger partial charge in [0.15, 0.2) is 11.5 Å². The molecule has 0 saturated carbocycles. The van der Waals surface area contributed by atoms with E-state index in [4.69, 9.17) is 15.2 Å². The maximum Gasteiger partial charge on any atom is 0.231 e. The minimum Gasteiger partial charge on any atom is -0.454 e. The highest BCUT2D eigenvalue weighted by atomic mass is 19.1. The average molecular weight is 284 g/mol. The average Bonchev–Trinajstić information content (AvgIpc) is 3.09. The van der Waals surface area contributed by atoms with Crippen molar-refractivity contribution in [1.82, 2.24) is 0 Å². The summed E-state index contributed by atoms with van der Waals surface area (Å²) in [5, 5.41) is 0. The van der Waals surface area contributed by atoms with E-state index in [0.717, 1.165) is 16.7 Å². The van der Waals surface area contributed by atoms with E-state index in [2.05, 4.69) is 4.99 Å². The first-order valence-electron chi connectivity index (χ1n) is 6.71. The van der Waals surface area contributed by atoms with Gasteiger partial charge in [-0.3, -0.25) is 4.99 Å². The van der Waals surface area contributed by atoms with Crippen molar-refractivity contribution >= 4 is 5.84 Å². The Kier molecular flexibility index (Phi) is 2.60. The first-order chi connectivity index (χ1) is 10.2. The molecule has 0 amide bonds. The summed E-state index contributed by atoms with van der Waals surface area (Å²) in [5.74, 6) is 1.39. The summed E-state index contributed by atoms with van der Waals surface area (Å²) in [6.07, 6.45) is 0.450. The fourth-order valence-electron chi connectivity index (χ4n) is 2.77. The number of fused-ring (bicyclic) bond motifs is 2. The zero-order chi connectivity index (χ0) is 14.4. The quantitative estimate of drug-likeness (QED) is 0.921. The van der Waals surface area contributed by atoms with E-state index in [9.17, 15) is 4.39 Å². The van der Waals surface area contributed by atoms with Gasteiger partial charge in [0.2, 0.25) is 6.79 Å². The third kappa shape index (κ3) is 1.93. The van der Waals surface area contributed by atoms with Gasteiger partial charge in [-0.15, -0.1) is 0 Å². The van der Waals surface area contributed by atoms with Crippen LogP contribution in [0.4, 0.5) is 4.39 Å². The highest BCUT2D eigenvalue weighted by molar-refractivity contribution is 6.00. The predicted molar refractivity (Wildman–Crippen MR) is 76.2 cm³/mol. The van der Waals surface area contributed by atoms with Crippen molar-refractivity contribution in [2.75, 3.05) is 6.79 Å². The zero-order valence-electron chi connectivity index (χ0n) is 11.2. The van der Waals surface area contributed by atoms with Crippen molar-refractivity contribution in [1.29, 1.82) is 0 Å². The minimum atomic E-state index is -0.282. The zero-order valence-corrected chi connectivity index (χ0v) is 11.2. The van der Waals surface area contributed by atoms with Crippen LogP contribution in [0.25, 0.3) is 0 Å². The van der Waals surface area contributed by atoms with Crippen molar-refractivity contribution in [3.8, 4) is 11.5 Å². The maximum atomic E-state index is 14.1. The number of hydrogen-bond acceptors (Lipinski definition) is 4. The molecule has 5 heteroatoms. The minimum absolute atomic E-state index is 0.139. The van der Waals surface area contributed by atoms with Crippen LogP contribution in [0.15, 0.2) is 35.3 Å². The smallest absolute Gasteiger partial charge is 0.231 e. The van der Waals surface area contributed by atoms with Crippen LogP contribution < -0.4 is 15.2 Å². The number of benzene rings is 2. The molecule has 2 aliphatic heterocycles. The van der Waals surface area contributed by atoms with Gasteiger partial charge in [0.05, 0.1) is 6.54 Å². The molecule has 21 heavy (non-hydrogen) atoms. The Labute approximate surface area is 121 Å². The van der Waals surface area contributed by atoms with E-state index in [-0.39, 0.29) is 12.6 Å². The van der Waals surface area contributed by atoms with Crippen molar-refractivity contribution < 1.29 is 13.9 Å². The fourth-order valence-corrected chi connectivity index (χ4v) is 2.77. The van der Waals surface area contributed by atoms with Crippen LogP contribution in [0, 0.1) is 5.82 Å². The fraction of sp³-hybridized carbons (Fsp3) is 0.188. The Morgan fingerprint density at radius 3 is 3.00 bits per heavy atom. The summed E-state index contributed by atoms with van der Waals surface area (Å²) in [6, 6.07) is 8.92. The summed E-state index contributed by atoms with van der Waals surface area (Å²) in [4.78, 5) is 4.20. The molecular formula is C16H13FN2O2. The van der Waals surface area contributed by atoms with Crippen LogP contribution in [0.5, 0.6) is 11.5 Å². The highest BCUT2D eigenvalue weighted by Gasteiger charge is 2.22. The van der Waals surface area contributed by atoms with Crippen LogP contribution in [0.3, 0.4) is 0 Å². The lowest BCUT2D eigenvalue weighted by Gasteiger charge is -2.09. The Morgan fingerprint density at radius 2 is 2.10 bits per heavy atom. The molecule has 0 bridgehead atoms. The molecule has 0 atom stereocenters. The number of nitrogens with two attached hydrogens (primary N) is 1. The largest absolute Gasteiger partial charge is 0.454 e. The Bertz CT molecular complexity index is 771. The molecule has 0 unspecified atom stereocenters. The van der Waals surface area contributed by atoms with Crippen molar-refractivity contribution in [2.24, 2.45) is 10.7 Å². The molecule has 0 fully saturated rings. The first kappa shape index (κ1) is 12.2. The van der Waals surface area contributed by atoms with Gasteiger partial charge in [0.25, 0.3) is 0 Å². The molecule has 0 saturated heterocycles. The number of nitrogens with zero attached hydrogens (tertiary/aromatic N) is 1. The molecule has 2 heterocycles. The van der Waals surface area contributed by atoms with Gasteiger partial charge in [-0.05, 0) is 23.3 Å². The van der Waals surface area contributed by atoms with Crippen LogP contribution in [-0.4, -0.2) is 12.6 Å². The van der Waals surface area contributed by atoms with E-state index >= 15 is 0 Å². The van der Waals surface area contributed by atoms with Gasteiger partial charge in [-0.25, -0.2) is 4.39 Å². The maximum absolute atomic E-state index is 14.1. The van der Waals surface area contributed by atoms with Gasteiger partial charge in [-0.2, -0.15) is 0 Å². The topological polar surface area (TPSA) is 56.8 Å². The lowest BCUT2D eigenvalue weighted by molar-refractivity contribution is 0.173. The third-order valence-electron chi connectivity index (χ3n) is 3.83. The molecule has 4 nitrogen and oxygen atoms in total. The number of hydrogen-bond donors (Lipinski definition) is 1. The second kappa shape index (κ2) is 4.48. The van der Waals surface area contributed by atoms with E-state index in [1.54, 1.807) is 6.07 Å². The third-order valence-corrected chi connectivity index (χ3v) is 3.83. The number of halogens is 1. The molecule has 0 spiro atoms. The monoisotopic (exact) mass is 284 g/mol. The number of aliphatic imine (C=N–C) groups is 1. The molecule has 0 aliphatic carbocycles. The van der Waals surface area contributed by atoms with Crippen LogP contribution in [0.2, 0.25) is 0 Å². The number of rotatable bonds is 2. The molecule has 106 valence electrons. The van der Waals surface area contributed by atoms with E-state index < -0.39 is 0 Å². The molecule has 2 aliphatic rings. The van der Waals surface area contributed by atoms with Gasteiger partial charge >= 0.3 is 0 Å². The van der Waals surface area contributed by atoms with Gasteiger partial charge in [-0.1, -0.05) is 18.2 Å². The van der Waals surface area contributed by atoms with E-state index in [1.807, 2.05) is 18.2 Å². The lowest BCUT2D eigenvalue weighted by atomic mass is 9.99. The summed E-state index contributed by atoms with van der Waals surface area (Å²) in [7, 11) is 0. The van der Waals surface area contributed by atoms with Crippen LogP contribution in [-0.2, 0) is 13.0 Å². The summed E-state index contributed by atoms with van der Waals surface area (Å²) >= 11 is 0. The van der Waals surface area contributed by atoms with Crippen LogP contribution in [0.1, 0.15) is 22.3 Å². The summed E-state index contributed by atoms with van der Waals surface area (Å²) in [6.45, 7) is 0.727. The summed E-state index contributed by atoms with van der Waals surface area (Å²) < 4.78 is 24.8. The van der Waals surface area contributed by atoms with Gasteiger partial charge in [0.1, 0.15) is 11.7 Å².